The van der Waals surface area contributed by atoms with Gasteiger partial charge in [0.1, 0.15) is 54.6 Å². The third-order valence-corrected chi connectivity index (χ3v) is 17.5. The molecule has 1 saturated heterocycles. The number of alkyl carbamates (subject to hydrolysis) is 1. The average Bonchev–Trinajstić information content (AvgIpc) is 1.61. The highest BCUT2D eigenvalue weighted by Crippen LogP contribution is 2.31. The van der Waals surface area contributed by atoms with Gasteiger partial charge in [-0.2, -0.15) is 0 Å². The number of aliphatic hydroxyl groups is 1. The lowest BCUT2D eigenvalue weighted by Crippen LogP contribution is -2.60. The molecule has 27 heteroatoms. The zero-order valence-corrected chi connectivity index (χ0v) is 56.6. The van der Waals surface area contributed by atoms with E-state index in [2.05, 4.69) is 47.2 Å². The summed E-state index contributed by atoms with van der Waals surface area (Å²) in [5.74, 6) is -7.55. The molecule has 1 heterocycles. The first-order chi connectivity index (χ1) is 45.7. The summed E-state index contributed by atoms with van der Waals surface area (Å²) in [5.41, 5.74) is 24.3. The second-order valence-electron chi connectivity index (χ2n) is 26.1. The van der Waals surface area contributed by atoms with Crippen molar-refractivity contribution >= 4 is 65.3 Å². The number of methoxy groups -OCH3 is 1. The molecular formula is C69H104N14O13. The summed E-state index contributed by atoms with van der Waals surface area (Å²) in [7, 11) is 1.20. The van der Waals surface area contributed by atoms with Crippen molar-refractivity contribution in [3.8, 4) is 5.75 Å². The first-order valence-electron chi connectivity index (χ1n) is 33.5. The van der Waals surface area contributed by atoms with Gasteiger partial charge < -0.3 is 84.7 Å². The first kappa shape index (κ1) is 77.7. The molecule has 2 aliphatic rings. The van der Waals surface area contributed by atoms with Crippen LogP contribution >= 0.6 is 0 Å². The number of aliphatic hydroxyl groups excluding tert-OH is 1. The molecule has 1 saturated carbocycles. The van der Waals surface area contributed by atoms with Gasteiger partial charge in [0, 0.05) is 38.4 Å². The van der Waals surface area contributed by atoms with Crippen molar-refractivity contribution in [2.75, 3.05) is 26.7 Å². The fourth-order valence-electron chi connectivity index (χ4n) is 12.1. The fourth-order valence-corrected chi connectivity index (χ4v) is 12.1. The van der Waals surface area contributed by atoms with Crippen LogP contribution in [0.25, 0.3) is 0 Å². The van der Waals surface area contributed by atoms with Crippen LogP contribution in [0.4, 0.5) is 4.79 Å². The van der Waals surface area contributed by atoms with Gasteiger partial charge in [0.05, 0.1) is 19.3 Å². The molecule has 10 unspecified atom stereocenters. The number of nitrogens with two attached hydrogens (primary N) is 4. The topological polar surface area (TPSA) is 429 Å². The van der Waals surface area contributed by atoms with Gasteiger partial charge in [0.2, 0.25) is 41.4 Å². The molecule has 8 amide bonds. The maximum atomic E-state index is 14.9. The van der Waals surface area contributed by atoms with Gasteiger partial charge in [-0.3, -0.25) is 43.5 Å². The smallest absolute Gasteiger partial charge is 0.408 e. The van der Waals surface area contributed by atoms with E-state index in [0.717, 1.165) is 32.1 Å². The number of nitrogens with one attached hydrogen (secondary N) is 7. The number of guanidine groups is 2. The van der Waals surface area contributed by atoms with E-state index in [9.17, 15) is 53.4 Å². The van der Waals surface area contributed by atoms with Crippen molar-refractivity contribution in [2.45, 2.75) is 199 Å². The number of benzene rings is 3. The van der Waals surface area contributed by atoms with Crippen LogP contribution in [0.15, 0.2) is 94.9 Å². The van der Waals surface area contributed by atoms with Gasteiger partial charge in [-0.1, -0.05) is 146 Å². The van der Waals surface area contributed by atoms with Crippen LogP contribution in [0.5, 0.6) is 5.75 Å². The number of ether oxygens (including phenoxy) is 2. The predicted molar refractivity (Wildman–Crippen MR) is 363 cm³/mol. The highest BCUT2D eigenvalue weighted by Gasteiger charge is 2.42. The summed E-state index contributed by atoms with van der Waals surface area (Å²) in [6, 6.07) is 14.8. The Labute approximate surface area is 563 Å². The standard InChI is InChI=1S/C69H104N14O13/c1-41(2)49(59(86)81-57(42(3)4)64(91)79-54(66(93)95-7)38-46-29-31-48(84)32-30-46)39-56(85)52(36-44-20-11-8-12-21-44)77-63(90)58(43(5)6)82-61(88)53(37-45-22-13-9-14-23-45)78-62(89)55-28-19-35-83(55)65(92)51(27-18-34-75-68(72)73)76-60(87)50(26-17-33-74-67(70)71)80-69(94)96-40-47-24-15-10-16-25-47/h9-10,13-16,22-25,29-32,41-44,49-58,84-85H,8,11-12,17-21,26-28,33-40H2,1-7H3,(H,76,87)(H,77,90)(H,78,89)(H,79,91)(H,80,94)(H,81,86)(H,82,88)(H4,70,71,74)(H4,72,73,75). The molecule has 96 heavy (non-hydrogen) atoms. The minimum Gasteiger partial charge on any atom is -0.508 e. The number of carbonyl (C=O) groups is 9. The van der Waals surface area contributed by atoms with Crippen LogP contribution in [0.2, 0.25) is 0 Å². The van der Waals surface area contributed by atoms with Crippen molar-refractivity contribution in [1.29, 1.82) is 0 Å². The number of aliphatic imine (C=N–C) groups is 2. The Kier molecular flexibility index (Phi) is 32.2. The second-order valence-corrected chi connectivity index (χ2v) is 26.1. The summed E-state index contributed by atoms with van der Waals surface area (Å²) in [6.07, 6.45) is 3.91. The molecule has 0 bridgehead atoms. The van der Waals surface area contributed by atoms with E-state index in [4.69, 9.17) is 32.4 Å². The van der Waals surface area contributed by atoms with Crippen LogP contribution in [0.1, 0.15) is 142 Å². The molecule has 0 radical (unpaired) electrons. The van der Waals surface area contributed by atoms with Crippen LogP contribution in [0.3, 0.4) is 0 Å². The number of aromatic hydroxyl groups is 1. The van der Waals surface area contributed by atoms with Gasteiger partial charge in [-0.25, -0.2) is 9.59 Å². The molecule has 1 aliphatic carbocycles. The maximum Gasteiger partial charge on any atom is 0.408 e. The molecule has 528 valence electrons. The molecule has 3 aromatic rings. The zero-order chi connectivity index (χ0) is 70.4. The highest BCUT2D eigenvalue weighted by molar-refractivity contribution is 5.97. The summed E-state index contributed by atoms with van der Waals surface area (Å²) < 4.78 is 10.4. The third kappa shape index (κ3) is 26.0. The molecular weight excluding hydrogens is 1230 g/mol. The van der Waals surface area contributed by atoms with Crippen LogP contribution in [-0.2, 0) is 67.3 Å². The second kappa shape index (κ2) is 39.8. The number of rotatable bonds is 37. The lowest BCUT2D eigenvalue weighted by molar-refractivity contribution is -0.145. The Morgan fingerprint density at radius 3 is 1.65 bits per heavy atom. The van der Waals surface area contributed by atoms with Crippen molar-refractivity contribution < 1.29 is 62.8 Å². The average molecular weight is 1340 g/mol. The summed E-state index contributed by atoms with van der Waals surface area (Å²) in [4.78, 5) is 138. The molecule has 5 rings (SSSR count). The van der Waals surface area contributed by atoms with E-state index >= 15 is 0 Å². The Balaban J connectivity index is 1.35. The fraction of sp³-hybridized carbons (Fsp3) is 0.580. The normalized spacial score (nSPS) is 16.8. The number of nitrogens with zero attached hydrogens (tertiary/aromatic N) is 3. The van der Waals surface area contributed by atoms with Crippen LogP contribution in [0, 0.1) is 29.6 Å². The van der Waals surface area contributed by atoms with E-state index in [1.165, 1.54) is 24.1 Å². The molecule has 1 aliphatic heterocycles. The van der Waals surface area contributed by atoms with E-state index < -0.39 is 126 Å². The predicted octanol–water partition coefficient (Wildman–Crippen LogP) is 2.96. The number of likely N-dealkylation sites (tertiary alicyclic amines) is 1. The van der Waals surface area contributed by atoms with Crippen molar-refractivity contribution in [3.05, 3.63) is 102 Å². The molecule has 10 atom stereocenters. The highest BCUT2D eigenvalue weighted by atomic mass is 16.5. The first-order valence-corrected chi connectivity index (χ1v) is 33.5. The Bertz CT molecular complexity index is 3050. The van der Waals surface area contributed by atoms with Crippen LogP contribution in [-0.4, -0.2) is 162 Å². The maximum absolute atomic E-state index is 14.9. The third-order valence-electron chi connectivity index (χ3n) is 17.5. The van der Waals surface area contributed by atoms with Gasteiger partial charge in [-0.05, 0) is 104 Å². The molecule has 27 nitrogen and oxygen atoms in total. The number of esters is 1. The van der Waals surface area contributed by atoms with Gasteiger partial charge in [-0.15, -0.1) is 0 Å². The summed E-state index contributed by atoms with van der Waals surface area (Å²) >= 11 is 0. The van der Waals surface area contributed by atoms with Crippen molar-refractivity contribution in [2.24, 2.45) is 62.5 Å². The molecule has 0 aromatic heterocycles. The van der Waals surface area contributed by atoms with Crippen molar-refractivity contribution in [3.63, 3.8) is 0 Å². The lowest BCUT2D eigenvalue weighted by Gasteiger charge is -2.34. The molecule has 2 fully saturated rings. The number of phenols is 1. The minimum atomic E-state index is -1.29. The Hall–Kier alpha value is -9.01. The largest absolute Gasteiger partial charge is 0.508 e. The van der Waals surface area contributed by atoms with E-state index in [-0.39, 0.29) is 107 Å². The lowest BCUT2D eigenvalue weighted by atomic mass is 9.81. The monoisotopic (exact) mass is 1340 g/mol. The van der Waals surface area contributed by atoms with E-state index in [0.29, 0.717) is 29.5 Å². The summed E-state index contributed by atoms with van der Waals surface area (Å²) in [6.45, 7) is 10.9. The molecule has 3 aromatic carbocycles. The summed E-state index contributed by atoms with van der Waals surface area (Å²) in [5, 5.41) is 42.1. The molecule has 17 N–H and O–H groups in total. The quantitative estimate of drug-likeness (QED) is 0.0171. The van der Waals surface area contributed by atoms with Gasteiger partial charge in [0.25, 0.3) is 0 Å². The van der Waals surface area contributed by atoms with E-state index in [1.54, 1.807) is 94.4 Å². The van der Waals surface area contributed by atoms with Gasteiger partial charge >= 0.3 is 12.1 Å². The number of phenolic OH excluding ortho intramolecular Hbond substituents is 1. The zero-order valence-electron chi connectivity index (χ0n) is 56.6. The van der Waals surface area contributed by atoms with Gasteiger partial charge in [0.15, 0.2) is 11.9 Å². The van der Waals surface area contributed by atoms with Crippen molar-refractivity contribution in [1.82, 2.24) is 42.1 Å². The minimum absolute atomic E-state index is 0.0144. The number of hydrogen-bond acceptors (Lipinski definition) is 15. The Morgan fingerprint density at radius 2 is 1.08 bits per heavy atom. The SMILES string of the molecule is COC(=O)C(Cc1ccc(O)cc1)NC(=O)C(NC(=O)C(CC(O)C(CC1CCCCC1)NC(=O)C(NC(=O)C(Cc1ccccc1)NC(=O)C1CCCN1C(=O)C(CCCN=C(N)N)NC(=O)C(CCCN=C(N)N)NC(=O)OCc1ccccc1)C(C)C)C(C)C)C(C)C. The van der Waals surface area contributed by atoms with E-state index in [1.807, 2.05) is 19.9 Å². The Morgan fingerprint density at radius 1 is 0.562 bits per heavy atom. The number of amides is 8. The van der Waals surface area contributed by atoms with Crippen LogP contribution < -0.4 is 60.2 Å². The number of carbonyl (C=O) groups excluding carboxylic acids is 9. The molecule has 0 spiro atoms. The number of hydrogen-bond donors (Lipinski definition) is 13.